The van der Waals surface area contributed by atoms with Crippen LogP contribution < -0.4 is 10.6 Å². The minimum Gasteiger partial charge on any atom is -0.397 e. The van der Waals surface area contributed by atoms with Gasteiger partial charge in [0.2, 0.25) is 0 Å². The number of nitrogens with zero attached hydrogens (tertiary/aromatic N) is 2. The van der Waals surface area contributed by atoms with Gasteiger partial charge in [-0.3, -0.25) is 0 Å². The molecule has 74 valence electrons. The fraction of sp³-hybridized carbons (Fsp3) is 0.300. The molecule has 1 aliphatic rings. The van der Waals surface area contributed by atoms with E-state index in [4.69, 9.17) is 17.3 Å². The first-order valence-corrected chi connectivity index (χ1v) is 4.94. The molecule has 2 N–H and O–H groups in total. The van der Waals surface area contributed by atoms with Crippen molar-refractivity contribution in [3.63, 3.8) is 0 Å². The highest BCUT2D eigenvalue weighted by Gasteiger charge is 2.12. The highest BCUT2D eigenvalue weighted by atomic mass is 35.5. The number of nitrogen functional groups attached to an aromatic ring is 1. The van der Waals surface area contributed by atoms with Crippen LogP contribution >= 0.6 is 11.6 Å². The number of halogens is 1. The Labute approximate surface area is 88.2 Å². The van der Waals surface area contributed by atoms with E-state index in [1.54, 1.807) is 6.20 Å². The fourth-order valence-corrected chi connectivity index (χ4v) is 1.74. The molecule has 1 aliphatic heterocycles. The third kappa shape index (κ3) is 1.99. The van der Waals surface area contributed by atoms with Crippen LogP contribution in [0.25, 0.3) is 0 Å². The zero-order chi connectivity index (χ0) is 9.97. The second-order valence-electron chi connectivity index (χ2n) is 3.31. The molecule has 0 unspecified atom stereocenters. The topological polar surface area (TPSA) is 42.1 Å². The van der Waals surface area contributed by atoms with Crippen LogP contribution in [-0.2, 0) is 0 Å². The molecule has 4 heteroatoms. The van der Waals surface area contributed by atoms with Crippen LogP contribution in [0.4, 0.5) is 11.5 Å². The maximum Gasteiger partial charge on any atom is 0.128 e. The minimum absolute atomic E-state index is 0.687. The van der Waals surface area contributed by atoms with Gasteiger partial charge < -0.3 is 10.6 Å². The summed E-state index contributed by atoms with van der Waals surface area (Å²) in [5.74, 6) is 0.936. The molecular formula is C10H12ClN3. The Morgan fingerprint density at radius 2 is 2.29 bits per heavy atom. The van der Waals surface area contributed by atoms with Crippen LogP contribution in [0.15, 0.2) is 29.4 Å². The number of rotatable bonds is 1. The van der Waals surface area contributed by atoms with Crippen molar-refractivity contribution in [2.75, 3.05) is 23.7 Å². The van der Waals surface area contributed by atoms with Crippen LogP contribution in [0, 0.1) is 0 Å². The van der Waals surface area contributed by atoms with Gasteiger partial charge in [-0.05, 0) is 18.6 Å². The molecular weight excluding hydrogens is 198 g/mol. The number of nitrogens with two attached hydrogens (primary N) is 1. The lowest BCUT2D eigenvalue weighted by molar-refractivity contribution is 0.798. The van der Waals surface area contributed by atoms with Gasteiger partial charge in [-0.1, -0.05) is 17.7 Å². The Balaban J connectivity index is 2.16. The average molecular weight is 210 g/mol. The van der Waals surface area contributed by atoms with Crippen LogP contribution in [0.5, 0.6) is 0 Å². The van der Waals surface area contributed by atoms with Crippen molar-refractivity contribution >= 4 is 23.1 Å². The molecule has 2 rings (SSSR count). The largest absolute Gasteiger partial charge is 0.397 e. The molecule has 1 aromatic rings. The molecule has 0 fully saturated rings. The fourth-order valence-electron chi connectivity index (χ4n) is 1.48. The number of pyridine rings is 1. The van der Waals surface area contributed by atoms with Crippen molar-refractivity contribution in [3.05, 3.63) is 29.4 Å². The number of anilines is 2. The molecule has 0 spiro atoms. The smallest absolute Gasteiger partial charge is 0.128 e. The quantitative estimate of drug-likeness (QED) is 0.769. The van der Waals surface area contributed by atoms with Crippen molar-refractivity contribution in [2.45, 2.75) is 6.42 Å². The van der Waals surface area contributed by atoms with Gasteiger partial charge in [0, 0.05) is 11.6 Å². The predicted molar refractivity (Wildman–Crippen MR) is 59.4 cm³/mol. The molecule has 0 aliphatic carbocycles. The van der Waals surface area contributed by atoms with E-state index in [-0.39, 0.29) is 0 Å². The Morgan fingerprint density at radius 1 is 1.43 bits per heavy atom. The Bertz CT molecular complexity index is 345. The molecule has 14 heavy (non-hydrogen) atoms. The molecule has 0 saturated carbocycles. The molecule has 2 heterocycles. The lowest BCUT2D eigenvalue weighted by Gasteiger charge is -2.26. The van der Waals surface area contributed by atoms with Gasteiger partial charge in [0.25, 0.3) is 0 Å². The third-order valence-electron chi connectivity index (χ3n) is 2.20. The lowest BCUT2D eigenvalue weighted by Crippen LogP contribution is -2.29. The Morgan fingerprint density at radius 3 is 2.93 bits per heavy atom. The first-order valence-electron chi connectivity index (χ1n) is 4.57. The zero-order valence-corrected chi connectivity index (χ0v) is 8.54. The van der Waals surface area contributed by atoms with Gasteiger partial charge in [0.1, 0.15) is 5.82 Å². The van der Waals surface area contributed by atoms with Gasteiger partial charge in [-0.2, -0.15) is 0 Å². The van der Waals surface area contributed by atoms with E-state index in [0.717, 1.165) is 30.4 Å². The summed E-state index contributed by atoms with van der Waals surface area (Å²) in [6.45, 7) is 1.71. The van der Waals surface area contributed by atoms with Crippen molar-refractivity contribution in [3.8, 4) is 0 Å². The minimum atomic E-state index is 0.687. The van der Waals surface area contributed by atoms with E-state index in [1.807, 2.05) is 12.1 Å². The zero-order valence-electron chi connectivity index (χ0n) is 7.78. The van der Waals surface area contributed by atoms with E-state index >= 15 is 0 Å². The maximum atomic E-state index is 5.96. The number of aromatic nitrogens is 1. The molecule has 3 nitrogen and oxygen atoms in total. The summed E-state index contributed by atoms with van der Waals surface area (Å²) < 4.78 is 0. The van der Waals surface area contributed by atoms with Gasteiger partial charge in [0.15, 0.2) is 0 Å². The summed E-state index contributed by atoms with van der Waals surface area (Å²) in [5, 5.41) is 0.884. The number of hydrogen-bond donors (Lipinski definition) is 1. The SMILES string of the molecule is Nc1ccc(N2CCC=C(Cl)C2)nc1. The second kappa shape index (κ2) is 3.88. The average Bonchev–Trinajstić information content (AvgIpc) is 2.19. The van der Waals surface area contributed by atoms with E-state index in [0.29, 0.717) is 5.69 Å². The second-order valence-corrected chi connectivity index (χ2v) is 3.80. The van der Waals surface area contributed by atoms with Crippen molar-refractivity contribution in [1.82, 2.24) is 4.98 Å². The summed E-state index contributed by atoms with van der Waals surface area (Å²) in [4.78, 5) is 6.39. The summed E-state index contributed by atoms with van der Waals surface area (Å²) in [6, 6.07) is 3.78. The summed E-state index contributed by atoms with van der Waals surface area (Å²) in [5.41, 5.74) is 6.25. The predicted octanol–water partition coefficient (Wildman–Crippen LogP) is 2.00. The summed E-state index contributed by atoms with van der Waals surface area (Å²) in [7, 11) is 0. The Kier molecular flexibility index (Phi) is 2.59. The van der Waals surface area contributed by atoms with Gasteiger partial charge >= 0.3 is 0 Å². The first-order chi connectivity index (χ1) is 6.75. The third-order valence-corrected chi connectivity index (χ3v) is 2.48. The van der Waals surface area contributed by atoms with Crippen LogP contribution in [0.3, 0.4) is 0 Å². The van der Waals surface area contributed by atoms with Gasteiger partial charge in [0.05, 0.1) is 18.4 Å². The van der Waals surface area contributed by atoms with E-state index in [9.17, 15) is 0 Å². The molecule has 0 saturated heterocycles. The normalized spacial score (nSPS) is 16.6. The Hall–Kier alpha value is -1.22. The molecule has 0 radical (unpaired) electrons. The molecule has 0 bridgehead atoms. The summed E-state index contributed by atoms with van der Waals surface area (Å²) in [6.07, 6.45) is 4.70. The van der Waals surface area contributed by atoms with E-state index in [2.05, 4.69) is 16.0 Å². The van der Waals surface area contributed by atoms with Crippen LogP contribution in [0.2, 0.25) is 0 Å². The lowest BCUT2D eigenvalue weighted by atomic mass is 10.2. The first kappa shape index (κ1) is 9.34. The van der Waals surface area contributed by atoms with Gasteiger partial charge in [-0.25, -0.2) is 4.98 Å². The molecule has 0 aromatic carbocycles. The van der Waals surface area contributed by atoms with Crippen molar-refractivity contribution in [1.29, 1.82) is 0 Å². The number of hydrogen-bond acceptors (Lipinski definition) is 3. The van der Waals surface area contributed by atoms with Gasteiger partial charge in [-0.15, -0.1) is 0 Å². The maximum absolute atomic E-state index is 5.96. The van der Waals surface area contributed by atoms with Crippen LogP contribution in [-0.4, -0.2) is 18.1 Å². The van der Waals surface area contributed by atoms with Crippen molar-refractivity contribution in [2.24, 2.45) is 0 Å². The van der Waals surface area contributed by atoms with E-state index in [1.165, 1.54) is 0 Å². The molecule has 0 amide bonds. The summed E-state index contributed by atoms with van der Waals surface area (Å²) >= 11 is 5.96. The standard InChI is InChI=1S/C10H12ClN3/c11-8-2-1-5-14(7-8)10-4-3-9(12)6-13-10/h2-4,6H,1,5,7,12H2. The van der Waals surface area contributed by atoms with E-state index < -0.39 is 0 Å². The highest BCUT2D eigenvalue weighted by Crippen LogP contribution is 2.19. The molecule has 0 atom stereocenters. The molecule has 1 aromatic heterocycles. The van der Waals surface area contributed by atoms with Crippen LogP contribution in [0.1, 0.15) is 6.42 Å². The highest BCUT2D eigenvalue weighted by molar-refractivity contribution is 6.30. The van der Waals surface area contributed by atoms with Crippen molar-refractivity contribution < 1.29 is 0 Å². The monoisotopic (exact) mass is 209 g/mol.